The molecule has 7 nitrogen and oxygen atoms in total. The number of methoxy groups -OCH3 is 1. The molecule has 0 spiro atoms. The first kappa shape index (κ1) is 20.4. The number of rotatable bonds is 5. The van der Waals surface area contributed by atoms with Gasteiger partial charge in [-0.1, -0.05) is 40.2 Å². The number of benzene rings is 2. The van der Waals surface area contributed by atoms with Crippen molar-refractivity contribution < 1.29 is 23.9 Å². The van der Waals surface area contributed by atoms with Crippen molar-refractivity contribution in [3.63, 3.8) is 0 Å². The van der Waals surface area contributed by atoms with Gasteiger partial charge in [0.05, 0.1) is 20.2 Å². The van der Waals surface area contributed by atoms with Crippen LogP contribution in [0.15, 0.2) is 53.0 Å². The lowest BCUT2D eigenvalue weighted by atomic mass is 10.0. The van der Waals surface area contributed by atoms with E-state index in [1.165, 1.54) is 9.80 Å². The molecule has 2 saturated heterocycles. The number of likely N-dealkylation sites (tertiary alicyclic amines) is 1. The average Bonchev–Trinajstić information content (AvgIpc) is 3.13. The van der Waals surface area contributed by atoms with Crippen LogP contribution in [-0.4, -0.2) is 47.4 Å². The van der Waals surface area contributed by atoms with Crippen LogP contribution < -0.4 is 4.74 Å². The van der Waals surface area contributed by atoms with Gasteiger partial charge in [-0.3, -0.25) is 19.4 Å². The Morgan fingerprint density at radius 1 is 1.07 bits per heavy atom. The first-order chi connectivity index (χ1) is 14.5. The Kier molecular flexibility index (Phi) is 5.76. The van der Waals surface area contributed by atoms with Gasteiger partial charge in [0, 0.05) is 10.9 Å². The Balaban J connectivity index is 1.48. The summed E-state index contributed by atoms with van der Waals surface area (Å²) in [4.78, 5) is 40.7. The number of ether oxygens (including phenoxy) is 2. The van der Waals surface area contributed by atoms with Crippen LogP contribution in [-0.2, 0) is 20.9 Å². The second kappa shape index (κ2) is 8.47. The molecule has 2 aromatic rings. The lowest BCUT2D eigenvalue weighted by Gasteiger charge is -2.34. The molecule has 30 heavy (non-hydrogen) atoms. The van der Waals surface area contributed by atoms with Crippen LogP contribution in [0.3, 0.4) is 0 Å². The Hall–Kier alpha value is -2.87. The van der Waals surface area contributed by atoms with Crippen molar-refractivity contribution in [3.8, 4) is 5.75 Å². The Morgan fingerprint density at radius 2 is 1.77 bits per heavy atom. The smallest absolute Gasteiger partial charge is 0.411 e. The highest BCUT2D eigenvalue weighted by Crippen LogP contribution is 2.31. The molecule has 0 bridgehead atoms. The first-order valence-corrected chi connectivity index (χ1v) is 10.5. The summed E-state index contributed by atoms with van der Waals surface area (Å²) in [6.07, 6.45) is -0.454. The van der Waals surface area contributed by atoms with Gasteiger partial charge in [-0.05, 0) is 41.8 Å². The molecule has 3 amide bonds. The number of cyclic esters (lactones) is 1. The van der Waals surface area contributed by atoms with Crippen LogP contribution in [0.4, 0.5) is 4.79 Å². The van der Waals surface area contributed by atoms with Crippen LogP contribution >= 0.6 is 15.9 Å². The van der Waals surface area contributed by atoms with Crippen molar-refractivity contribution >= 4 is 33.8 Å². The fraction of sp³-hybridized carbons (Fsp3) is 0.318. The zero-order chi connectivity index (χ0) is 21.3. The predicted molar refractivity (Wildman–Crippen MR) is 112 cm³/mol. The Bertz CT molecular complexity index is 960. The SMILES string of the molecule is COc1ccc(CN2C(=O)CC[C@@H](N3C[C@H](c4ccc(Br)cc4)OC3=O)C2=O)cc1. The quantitative estimate of drug-likeness (QED) is 0.620. The summed E-state index contributed by atoms with van der Waals surface area (Å²) in [5, 5.41) is 0. The van der Waals surface area contributed by atoms with Gasteiger partial charge in [0.25, 0.3) is 5.91 Å². The number of piperidine rings is 1. The molecule has 2 atom stereocenters. The fourth-order valence-electron chi connectivity index (χ4n) is 3.78. The molecule has 2 heterocycles. The van der Waals surface area contributed by atoms with E-state index in [0.717, 1.165) is 15.6 Å². The summed E-state index contributed by atoms with van der Waals surface area (Å²) >= 11 is 3.39. The number of amides is 3. The highest BCUT2D eigenvalue weighted by molar-refractivity contribution is 9.10. The third-order valence-electron chi connectivity index (χ3n) is 5.44. The predicted octanol–water partition coefficient (Wildman–Crippen LogP) is 3.67. The molecule has 2 fully saturated rings. The molecule has 0 radical (unpaired) electrons. The molecule has 4 rings (SSSR count). The molecule has 0 N–H and O–H groups in total. The van der Waals surface area contributed by atoms with Gasteiger partial charge >= 0.3 is 6.09 Å². The fourth-order valence-corrected chi connectivity index (χ4v) is 4.04. The van der Waals surface area contributed by atoms with Crippen molar-refractivity contribution in [1.29, 1.82) is 0 Å². The van der Waals surface area contributed by atoms with Gasteiger partial charge in [-0.15, -0.1) is 0 Å². The third kappa shape index (κ3) is 4.05. The standard InChI is InChI=1S/C22H21BrN2O5/c1-29-17-8-2-14(3-9-17)12-25-20(26)11-10-18(21(25)27)24-13-19(30-22(24)28)15-4-6-16(23)7-5-15/h2-9,18-19H,10-13H2,1H3/t18-,19-/m1/s1. The molecular weight excluding hydrogens is 452 g/mol. The average molecular weight is 473 g/mol. The third-order valence-corrected chi connectivity index (χ3v) is 5.97. The van der Waals surface area contributed by atoms with Crippen LogP contribution in [0.25, 0.3) is 0 Å². The van der Waals surface area contributed by atoms with Crippen molar-refractivity contribution in [2.24, 2.45) is 0 Å². The second-order valence-electron chi connectivity index (χ2n) is 7.30. The Labute approximate surface area is 182 Å². The topological polar surface area (TPSA) is 76.2 Å². The van der Waals surface area contributed by atoms with Gasteiger partial charge in [-0.2, -0.15) is 0 Å². The van der Waals surface area contributed by atoms with E-state index in [2.05, 4.69) is 15.9 Å². The van der Waals surface area contributed by atoms with E-state index in [1.807, 2.05) is 36.4 Å². The first-order valence-electron chi connectivity index (χ1n) is 9.66. The van der Waals surface area contributed by atoms with E-state index in [9.17, 15) is 14.4 Å². The monoisotopic (exact) mass is 472 g/mol. The molecule has 0 unspecified atom stereocenters. The van der Waals surface area contributed by atoms with E-state index in [-0.39, 0.29) is 31.3 Å². The van der Waals surface area contributed by atoms with Gasteiger partial charge < -0.3 is 9.47 Å². The number of carbonyl (C=O) groups excluding carboxylic acids is 3. The van der Waals surface area contributed by atoms with Crippen molar-refractivity contribution in [2.75, 3.05) is 13.7 Å². The molecule has 0 saturated carbocycles. The number of hydrogen-bond acceptors (Lipinski definition) is 5. The molecule has 8 heteroatoms. The van der Waals surface area contributed by atoms with Crippen LogP contribution in [0.2, 0.25) is 0 Å². The van der Waals surface area contributed by atoms with Crippen molar-refractivity contribution in [3.05, 3.63) is 64.1 Å². The van der Waals surface area contributed by atoms with E-state index in [1.54, 1.807) is 19.2 Å². The van der Waals surface area contributed by atoms with E-state index in [0.29, 0.717) is 12.2 Å². The molecule has 0 aromatic heterocycles. The van der Waals surface area contributed by atoms with Gasteiger partial charge in [-0.25, -0.2) is 4.79 Å². The second-order valence-corrected chi connectivity index (χ2v) is 8.21. The number of halogens is 1. The van der Waals surface area contributed by atoms with E-state index < -0.39 is 18.2 Å². The number of nitrogens with zero attached hydrogens (tertiary/aromatic N) is 2. The number of imide groups is 1. The number of carbonyl (C=O) groups is 3. The maximum absolute atomic E-state index is 13.1. The highest BCUT2D eigenvalue weighted by Gasteiger charge is 2.44. The van der Waals surface area contributed by atoms with Gasteiger partial charge in [0.2, 0.25) is 5.91 Å². The molecule has 2 aliphatic heterocycles. The lowest BCUT2D eigenvalue weighted by Crippen LogP contribution is -2.54. The normalized spacial score (nSPS) is 21.7. The lowest BCUT2D eigenvalue weighted by molar-refractivity contribution is -0.152. The zero-order valence-corrected chi connectivity index (χ0v) is 18.0. The minimum atomic E-state index is -0.700. The van der Waals surface area contributed by atoms with Gasteiger partial charge in [0.1, 0.15) is 17.9 Å². The summed E-state index contributed by atoms with van der Waals surface area (Å²) in [6.45, 7) is 0.443. The zero-order valence-electron chi connectivity index (χ0n) is 16.4. The summed E-state index contributed by atoms with van der Waals surface area (Å²) in [5.41, 5.74) is 1.68. The van der Waals surface area contributed by atoms with Crippen LogP contribution in [0.5, 0.6) is 5.75 Å². The molecule has 0 aliphatic carbocycles. The maximum atomic E-state index is 13.1. The van der Waals surface area contributed by atoms with Crippen molar-refractivity contribution in [2.45, 2.75) is 31.5 Å². The summed E-state index contributed by atoms with van der Waals surface area (Å²) in [6, 6.07) is 14.0. The maximum Gasteiger partial charge on any atom is 0.411 e. The van der Waals surface area contributed by atoms with E-state index >= 15 is 0 Å². The highest BCUT2D eigenvalue weighted by atomic mass is 79.9. The van der Waals surface area contributed by atoms with Crippen LogP contribution in [0, 0.1) is 0 Å². The van der Waals surface area contributed by atoms with Crippen LogP contribution in [0.1, 0.15) is 30.1 Å². The summed E-state index contributed by atoms with van der Waals surface area (Å²) in [7, 11) is 1.58. The van der Waals surface area contributed by atoms with E-state index in [4.69, 9.17) is 9.47 Å². The Morgan fingerprint density at radius 3 is 2.43 bits per heavy atom. The largest absolute Gasteiger partial charge is 0.497 e. The summed E-state index contributed by atoms with van der Waals surface area (Å²) in [5.74, 6) is 0.103. The number of hydrogen-bond donors (Lipinski definition) is 0. The minimum Gasteiger partial charge on any atom is -0.497 e. The van der Waals surface area contributed by atoms with Gasteiger partial charge in [0.15, 0.2) is 0 Å². The molecule has 2 aliphatic rings. The van der Waals surface area contributed by atoms with Crippen molar-refractivity contribution in [1.82, 2.24) is 9.80 Å². The minimum absolute atomic E-state index is 0.164. The summed E-state index contributed by atoms with van der Waals surface area (Å²) < 4.78 is 11.6. The molecule has 2 aromatic carbocycles. The molecule has 156 valence electrons. The molecular formula is C22H21BrN2O5.